The highest BCUT2D eigenvalue weighted by atomic mass is 32.2. The maximum absolute atomic E-state index is 10.6. The van der Waals surface area contributed by atoms with E-state index in [9.17, 15) is 8.42 Å². The summed E-state index contributed by atoms with van der Waals surface area (Å²) >= 11 is 0. The van der Waals surface area contributed by atoms with E-state index in [2.05, 4.69) is 4.90 Å². The molecule has 0 atom stereocenters. The SMILES string of the molecule is CCN(CCCS(=O)(=O)O)Cc1ccccc1. The van der Waals surface area contributed by atoms with Crippen LogP contribution in [0.4, 0.5) is 0 Å². The average molecular weight is 257 g/mol. The van der Waals surface area contributed by atoms with Crippen LogP contribution < -0.4 is 0 Å². The van der Waals surface area contributed by atoms with Crippen molar-refractivity contribution in [2.45, 2.75) is 19.9 Å². The second-order valence-electron chi connectivity index (χ2n) is 3.99. The molecule has 1 N–H and O–H groups in total. The summed E-state index contributed by atoms with van der Waals surface area (Å²) < 4.78 is 29.8. The zero-order chi connectivity index (χ0) is 12.7. The van der Waals surface area contributed by atoms with Gasteiger partial charge in [0.05, 0.1) is 5.75 Å². The molecular weight excluding hydrogens is 238 g/mol. The van der Waals surface area contributed by atoms with Crippen LogP contribution in [-0.2, 0) is 16.7 Å². The molecule has 4 nitrogen and oxygen atoms in total. The topological polar surface area (TPSA) is 57.6 Å². The van der Waals surface area contributed by atoms with Gasteiger partial charge in [-0.1, -0.05) is 37.3 Å². The minimum atomic E-state index is -3.83. The van der Waals surface area contributed by atoms with Crippen molar-refractivity contribution in [2.75, 3.05) is 18.8 Å². The summed E-state index contributed by atoms with van der Waals surface area (Å²) in [6.07, 6.45) is 0.458. The van der Waals surface area contributed by atoms with Crippen molar-refractivity contribution in [1.29, 1.82) is 0 Å². The molecule has 0 aliphatic carbocycles. The molecule has 0 aromatic heterocycles. The van der Waals surface area contributed by atoms with E-state index in [0.29, 0.717) is 13.0 Å². The highest BCUT2D eigenvalue weighted by Crippen LogP contribution is 2.05. The molecule has 1 rings (SSSR count). The van der Waals surface area contributed by atoms with Crippen LogP contribution in [0, 0.1) is 0 Å². The van der Waals surface area contributed by atoms with Crippen molar-refractivity contribution in [3.05, 3.63) is 35.9 Å². The van der Waals surface area contributed by atoms with E-state index in [0.717, 1.165) is 13.1 Å². The molecule has 17 heavy (non-hydrogen) atoms. The molecule has 0 aliphatic rings. The van der Waals surface area contributed by atoms with Gasteiger partial charge in [-0.25, -0.2) is 0 Å². The molecular formula is C12H19NO3S. The lowest BCUT2D eigenvalue weighted by molar-refractivity contribution is 0.280. The number of nitrogens with zero attached hydrogens (tertiary/aromatic N) is 1. The van der Waals surface area contributed by atoms with Gasteiger partial charge in [0.25, 0.3) is 10.1 Å². The van der Waals surface area contributed by atoms with Crippen LogP contribution in [0.2, 0.25) is 0 Å². The van der Waals surface area contributed by atoms with Gasteiger partial charge in [-0.15, -0.1) is 0 Å². The van der Waals surface area contributed by atoms with Crippen molar-refractivity contribution in [3.8, 4) is 0 Å². The van der Waals surface area contributed by atoms with Gasteiger partial charge in [0.1, 0.15) is 0 Å². The molecule has 0 spiro atoms. The van der Waals surface area contributed by atoms with E-state index >= 15 is 0 Å². The molecule has 0 heterocycles. The first-order valence-electron chi connectivity index (χ1n) is 5.72. The van der Waals surface area contributed by atoms with Crippen molar-refractivity contribution in [1.82, 2.24) is 4.90 Å². The van der Waals surface area contributed by atoms with E-state index in [1.54, 1.807) is 0 Å². The summed E-state index contributed by atoms with van der Waals surface area (Å²) in [7, 11) is -3.83. The molecule has 0 saturated heterocycles. The number of hydrogen-bond acceptors (Lipinski definition) is 3. The third kappa shape index (κ3) is 6.41. The van der Waals surface area contributed by atoms with Crippen molar-refractivity contribution in [2.24, 2.45) is 0 Å². The fourth-order valence-corrected chi connectivity index (χ4v) is 2.16. The highest BCUT2D eigenvalue weighted by molar-refractivity contribution is 7.85. The van der Waals surface area contributed by atoms with Crippen LogP contribution in [0.5, 0.6) is 0 Å². The van der Waals surface area contributed by atoms with Gasteiger partial charge < -0.3 is 0 Å². The van der Waals surface area contributed by atoms with E-state index in [4.69, 9.17) is 4.55 Å². The first kappa shape index (κ1) is 14.2. The Morgan fingerprint density at radius 2 is 1.88 bits per heavy atom. The normalized spacial score (nSPS) is 11.9. The third-order valence-electron chi connectivity index (χ3n) is 2.57. The molecule has 0 saturated carbocycles. The minimum absolute atomic E-state index is 0.168. The Labute approximate surface area is 103 Å². The van der Waals surface area contributed by atoms with Crippen LogP contribution in [0.25, 0.3) is 0 Å². The number of rotatable bonds is 7. The summed E-state index contributed by atoms with van der Waals surface area (Å²) in [5.41, 5.74) is 1.21. The fourth-order valence-electron chi connectivity index (χ4n) is 1.66. The molecule has 0 radical (unpaired) electrons. The van der Waals surface area contributed by atoms with Crippen LogP contribution in [-0.4, -0.2) is 36.7 Å². The van der Waals surface area contributed by atoms with Crippen LogP contribution in [0.1, 0.15) is 18.9 Å². The zero-order valence-electron chi connectivity index (χ0n) is 10.0. The summed E-state index contributed by atoms with van der Waals surface area (Å²) in [5, 5.41) is 0. The Kier molecular flexibility index (Phi) is 5.61. The molecule has 0 amide bonds. The maximum atomic E-state index is 10.6. The van der Waals surface area contributed by atoms with Crippen molar-refractivity contribution in [3.63, 3.8) is 0 Å². The Balaban J connectivity index is 2.39. The van der Waals surface area contributed by atoms with E-state index in [1.165, 1.54) is 5.56 Å². The highest BCUT2D eigenvalue weighted by Gasteiger charge is 2.07. The molecule has 0 fully saturated rings. The molecule has 0 unspecified atom stereocenters. The van der Waals surface area contributed by atoms with Crippen molar-refractivity contribution < 1.29 is 13.0 Å². The minimum Gasteiger partial charge on any atom is -0.299 e. The Hall–Kier alpha value is -0.910. The largest absolute Gasteiger partial charge is 0.299 e. The molecule has 96 valence electrons. The molecule has 1 aromatic rings. The third-order valence-corrected chi connectivity index (χ3v) is 3.38. The molecule has 0 bridgehead atoms. The van der Waals surface area contributed by atoms with Crippen LogP contribution in [0.3, 0.4) is 0 Å². The van der Waals surface area contributed by atoms with Crippen molar-refractivity contribution >= 4 is 10.1 Å². The Morgan fingerprint density at radius 3 is 2.41 bits per heavy atom. The van der Waals surface area contributed by atoms with Gasteiger partial charge in [0, 0.05) is 6.54 Å². The van der Waals surface area contributed by atoms with Gasteiger partial charge >= 0.3 is 0 Å². The van der Waals surface area contributed by atoms with Crippen LogP contribution in [0.15, 0.2) is 30.3 Å². The molecule has 5 heteroatoms. The quantitative estimate of drug-likeness (QED) is 0.757. The van der Waals surface area contributed by atoms with Crippen LogP contribution >= 0.6 is 0 Å². The lowest BCUT2D eigenvalue weighted by atomic mass is 10.2. The van der Waals surface area contributed by atoms with E-state index in [-0.39, 0.29) is 5.75 Å². The summed E-state index contributed by atoms with van der Waals surface area (Å²) in [6, 6.07) is 10.0. The number of hydrogen-bond donors (Lipinski definition) is 1. The Morgan fingerprint density at radius 1 is 1.24 bits per heavy atom. The standard InChI is InChI=1S/C12H19NO3S/c1-2-13(9-6-10-17(14,15)16)11-12-7-4-3-5-8-12/h3-5,7-8H,2,6,9-11H2,1H3,(H,14,15,16). The number of benzene rings is 1. The van der Waals surface area contributed by atoms with Gasteiger partial charge in [-0.05, 0) is 25.1 Å². The first-order valence-corrected chi connectivity index (χ1v) is 7.33. The first-order chi connectivity index (χ1) is 8.01. The fraction of sp³-hybridized carbons (Fsp3) is 0.500. The predicted molar refractivity (Wildman–Crippen MR) is 68.4 cm³/mol. The molecule has 1 aromatic carbocycles. The van der Waals surface area contributed by atoms with Gasteiger partial charge in [0.2, 0.25) is 0 Å². The van der Waals surface area contributed by atoms with E-state index in [1.807, 2.05) is 37.3 Å². The Bertz CT molecular complexity index is 417. The summed E-state index contributed by atoms with van der Waals surface area (Å²) in [4.78, 5) is 2.15. The second-order valence-corrected chi connectivity index (χ2v) is 5.57. The lowest BCUT2D eigenvalue weighted by Crippen LogP contribution is -2.25. The maximum Gasteiger partial charge on any atom is 0.264 e. The van der Waals surface area contributed by atoms with E-state index < -0.39 is 10.1 Å². The lowest BCUT2D eigenvalue weighted by Gasteiger charge is -2.19. The smallest absolute Gasteiger partial charge is 0.264 e. The summed E-state index contributed by atoms with van der Waals surface area (Å²) in [6.45, 7) is 4.38. The second kappa shape index (κ2) is 6.74. The monoisotopic (exact) mass is 257 g/mol. The summed E-state index contributed by atoms with van der Waals surface area (Å²) in [5.74, 6) is -0.168. The average Bonchev–Trinajstić information content (AvgIpc) is 2.27. The zero-order valence-corrected chi connectivity index (χ0v) is 10.9. The van der Waals surface area contributed by atoms with Gasteiger partial charge in [-0.2, -0.15) is 8.42 Å². The molecule has 0 aliphatic heterocycles. The van der Waals surface area contributed by atoms with Gasteiger partial charge in [-0.3, -0.25) is 9.45 Å². The van der Waals surface area contributed by atoms with Gasteiger partial charge in [0.15, 0.2) is 0 Å². The predicted octanol–water partition coefficient (Wildman–Crippen LogP) is 1.79.